The fourth-order valence-corrected chi connectivity index (χ4v) is 3.44. The molecule has 0 aromatic heterocycles. The first-order chi connectivity index (χ1) is 9.41. The highest BCUT2D eigenvalue weighted by atomic mass is 16.3. The quantitative estimate of drug-likeness (QED) is 0.876. The highest BCUT2D eigenvalue weighted by Gasteiger charge is 2.30. The zero-order valence-corrected chi connectivity index (χ0v) is 13.1. The van der Waals surface area contributed by atoms with E-state index >= 15 is 0 Å². The van der Waals surface area contributed by atoms with Gasteiger partial charge in [-0.15, -0.1) is 0 Å². The molecule has 1 aromatic carbocycles. The second-order valence-electron chi connectivity index (χ2n) is 7.37. The van der Waals surface area contributed by atoms with Crippen LogP contribution in [-0.2, 0) is 0 Å². The van der Waals surface area contributed by atoms with E-state index in [1.807, 2.05) is 6.07 Å². The Kier molecular flexibility index (Phi) is 4.87. The van der Waals surface area contributed by atoms with Gasteiger partial charge in [0.05, 0.1) is 12.6 Å². The first-order valence-corrected chi connectivity index (χ1v) is 7.88. The lowest BCUT2D eigenvalue weighted by Crippen LogP contribution is -2.25. The van der Waals surface area contributed by atoms with Crippen LogP contribution in [0, 0.1) is 11.3 Å². The van der Waals surface area contributed by atoms with Gasteiger partial charge in [0.15, 0.2) is 0 Å². The maximum atomic E-state index is 9.19. The van der Waals surface area contributed by atoms with Gasteiger partial charge in [0.25, 0.3) is 0 Å². The SMILES string of the molecule is CC(C)(C)C1CCC(c2cccc(C(N)CO)c2)CC1. The highest BCUT2D eigenvalue weighted by Crippen LogP contribution is 2.43. The van der Waals surface area contributed by atoms with Crippen molar-refractivity contribution in [2.75, 3.05) is 6.61 Å². The van der Waals surface area contributed by atoms with E-state index < -0.39 is 0 Å². The van der Waals surface area contributed by atoms with Crippen LogP contribution in [-0.4, -0.2) is 11.7 Å². The van der Waals surface area contributed by atoms with Crippen LogP contribution in [0.2, 0.25) is 0 Å². The third-order valence-electron chi connectivity index (χ3n) is 4.96. The van der Waals surface area contributed by atoms with Crippen molar-refractivity contribution in [3.05, 3.63) is 35.4 Å². The van der Waals surface area contributed by atoms with Crippen LogP contribution < -0.4 is 5.73 Å². The lowest BCUT2D eigenvalue weighted by atomic mass is 9.68. The van der Waals surface area contributed by atoms with Crippen LogP contribution in [0.3, 0.4) is 0 Å². The molecule has 1 unspecified atom stereocenters. The molecule has 1 atom stereocenters. The second kappa shape index (κ2) is 6.28. The second-order valence-corrected chi connectivity index (χ2v) is 7.37. The minimum Gasteiger partial charge on any atom is -0.394 e. The molecule has 1 aliphatic rings. The average molecular weight is 275 g/mol. The Labute approximate surface area is 123 Å². The highest BCUT2D eigenvalue weighted by molar-refractivity contribution is 5.29. The van der Waals surface area contributed by atoms with Crippen LogP contribution >= 0.6 is 0 Å². The van der Waals surface area contributed by atoms with Crippen LogP contribution in [0.25, 0.3) is 0 Å². The summed E-state index contributed by atoms with van der Waals surface area (Å²) >= 11 is 0. The fourth-order valence-electron chi connectivity index (χ4n) is 3.44. The van der Waals surface area contributed by atoms with Crippen molar-refractivity contribution in [1.29, 1.82) is 0 Å². The number of hydrogen-bond acceptors (Lipinski definition) is 2. The van der Waals surface area contributed by atoms with E-state index in [4.69, 9.17) is 5.73 Å². The Morgan fingerprint density at radius 1 is 1.20 bits per heavy atom. The monoisotopic (exact) mass is 275 g/mol. The lowest BCUT2D eigenvalue weighted by molar-refractivity contribution is 0.169. The number of rotatable bonds is 3. The lowest BCUT2D eigenvalue weighted by Gasteiger charge is -2.37. The molecule has 1 aliphatic carbocycles. The summed E-state index contributed by atoms with van der Waals surface area (Å²) in [6.07, 6.45) is 5.20. The van der Waals surface area contributed by atoms with E-state index in [2.05, 4.69) is 39.0 Å². The van der Waals surface area contributed by atoms with Crippen LogP contribution in [0.4, 0.5) is 0 Å². The Morgan fingerprint density at radius 3 is 2.40 bits per heavy atom. The maximum Gasteiger partial charge on any atom is 0.0624 e. The molecule has 1 fully saturated rings. The summed E-state index contributed by atoms with van der Waals surface area (Å²) in [6, 6.07) is 8.26. The zero-order chi connectivity index (χ0) is 14.8. The molecular formula is C18H29NO. The molecule has 0 aliphatic heterocycles. The van der Waals surface area contributed by atoms with Gasteiger partial charge in [-0.05, 0) is 54.1 Å². The molecule has 20 heavy (non-hydrogen) atoms. The molecule has 2 nitrogen and oxygen atoms in total. The van der Waals surface area contributed by atoms with Gasteiger partial charge in [0.2, 0.25) is 0 Å². The predicted octanol–water partition coefficient (Wildman–Crippen LogP) is 4.00. The number of aliphatic hydroxyl groups is 1. The van der Waals surface area contributed by atoms with E-state index in [9.17, 15) is 5.11 Å². The Balaban J connectivity index is 2.04. The standard InChI is InChI=1S/C18H29NO/c1-18(2,3)16-9-7-13(8-10-16)14-5-4-6-15(11-14)17(19)12-20/h4-6,11,13,16-17,20H,7-10,12,19H2,1-3H3. The van der Waals surface area contributed by atoms with Gasteiger partial charge in [0, 0.05) is 0 Å². The molecule has 0 radical (unpaired) electrons. The summed E-state index contributed by atoms with van der Waals surface area (Å²) in [5, 5.41) is 9.19. The largest absolute Gasteiger partial charge is 0.394 e. The van der Waals surface area contributed by atoms with Gasteiger partial charge >= 0.3 is 0 Å². The zero-order valence-electron chi connectivity index (χ0n) is 13.1. The molecule has 0 amide bonds. The van der Waals surface area contributed by atoms with E-state index in [0.717, 1.165) is 11.5 Å². The summed E-state index contributed by atoms with van der Waals surface area (Å²) in [7, 11) is 0. The molecule has 0 spiro atoms. The number of hydrogen-bond donors (Lipinski definition) is 2. The molecule has 1 aromatic rings. The smallest absolute Gasteiger partial charge is 0.0624 e. The molecule has 112 valence electrons. The first-order valence-electron chi connectivity index (χ1n) is 7.88. The molecule has 0 bridgehead atoms. The summed E-state index contributed by atoms with van der Waals surface area (Å²) in [4.78, 5) is 0. The third-order valence-corrected chi connectivity index (χ3v) is 4.96. The minimum atomic E-state index is -0.249. The van der Waals surface area contributed by atoms with Crippen molar-refractivity contribution in [2.45, 2.75) is 58.4 Å². The van der Waals surface area contributed by atoms with Crippen molar-refractivity contribution in [1.82, 2.24) is 0 Å². The van der Waals surface area contributed by atoms with Gasteiger partial charge in [0.1, 0.15) is 0 Å². The van der Waals surface area contributed by atoms with Crippen LogP contribution in [0.15, 0.2) is 24.3 Å². The Morgan fingerprint density at radius 2 is 1.85 bits per heavy atom. The van der Waals surface area contributed by atoms with Gasteiger partial charge < -0.3 is 10.8 Å². The minimum absolute atomic E-state index is 0.0141. The molecule has 1 saturated carbocycles. The molecule has 0 heterocycles. The molecule has 0 saturated heterocycles. The number of nitrogens with two attached hydrogens (primary N) is 1. The Hall–Kier alpha value is -0.860. The molecule has 2 rings (SSSR count). The van der Waals surface area contributed by atoms with Gasteiger partial charge in [-0.2, -0.15) is 0 Å². The van der Waals surface area contributed by atoms with Gasteiger partial charge in [-0.1, -0.05) is 45.0 Å². The van der Waals surface area contributed by atoms with Crippen molar-refractivity contribution in [2.24, 2.45) is 17.1 Å². The van der Waals surface area contributed by atoms with Crippen LogP contribution in [0.5, 0.6) is 0 Å². The van der Waals surface area contributed by atoms with Crippen molar-refractivity contribution in [3.63, 3.8) is 0 Å². The summed E-state index contributed by atoms with van der Waals surface area (Å²) in [5.41, 5.74) is 8.82. The molecule has 3 N–H and O–H groups in total. The number of aliphatic hydroxyl groups excluding tert-OH is 1. The van der Waals surface area contributed by atoms with Gasteiger partial charge in [-0.25, -0.2) is 0 Å². The topological polar surface area (TPSA) is 46.2 Å². The van der Waals surface area contributed by atoms with Crippen molar-refractivity contribution < 1.29 is 5.11 Å². The van der Waals surface area contributed by atoms with E-state index in [1.54, 1.807) is 0 Å². The predicted molar refractivity (Wildman–Crippen MR) is 84.6 cm³/mol. The van der Waals surface area contributed by atoms with Crippen LogP contribution in [0.1, 0.15) is 69.5 Å². The maximum absolute atomic E-state index is 9.19. The number of benzene rings is 1. The van der Waals surface area contributed by atoms with E-state index in [1.165, 1.54) is 31.2 Å². The normalized spacial score (nSPS) is 25.4. The summed E-state index contributed by atoms with van der Waals surface area (Å²) in [6.45, 7) is 7.09. The summed E-state index contributed by atoms with van der Waals surface area (Å²) < 4.78 is 0. The van der Waals surface area contributed by atoms with E-state index in [0.29, 0.717) is 11.3 Å². The fraction of sp³-hybridized carbons (Fsp3) is 0.667. The van der Waals surface area contributed by atoms with Gasteiger partial charge in [-0.3, -0.25) is 0 Å². The molecular weight excluding hydrogens is 246 g/mol. The average Bonchev–Trinajstić information content (AvgIpc) is 2.46. The van der Waals surface area contributed by atoms with Crippen molar-refractivity contribution in [3.8, 4) is 0 Å². The van der Waals surface area contributed by atoms with Crippen molar-refractivity contribution >= 4 is 0 Å². The third kappa shape index (κ3) is 3.62. The first kappa shape index (κ1) is 15.5. The Bertz CT molecular complexity index is 427. The summed E-state index contributed by atoms with van der Waals surface area (Å²) in [5.74, 6) is 1.51. The molecule has 2 heteroatoms. The van der Waals surface area contributed by atoms with E-state index in [-0.39, 0.29) is 12.6 Å².